The molecule has 5 aromatic rings. The number of rotatable bonds is 2. The first-order chi connectivity index (χ1) is 11.8. The fourth-order valence-electron chi connectivity index (χ4n) is 2.77. The van der Waals surface area contributed by atoms with Crippen LogP contribution < -0.4 is 0 Å². The van der Waals surface area contributed by atoms with Crippen LogP contribution in [0, 0.1) is 0 Å². The van der Waals surface area contributed by atoms with Gasteiger partial charge < -0.3 is 4.98 Å². The molecule has 0 bridgehead atoms. The zero-order valence-electron chi connectivity index (χ0n) is 12.7. The van der Waals surface area contributed by atoms with Crippen molar-refractivity contribution in [2.75, 3.05) is 0 Å². The predicted molar refractivity (Wildman–Crippen MR) is 89.0 cm³/mol. The van der Waals surface area contributed by atoms with Crippen molar-refractivity contribution in [1.29, 1.82) is 0 Å². The van der Waals surface area contributed by atoms with Gasteiger partial charge in [0.05, 0.1) is 17.1 Å². The van der Waals surface area contributed by atoms with Gasteiger partial charge >= 0.3 is 0 Å². The smallest absolute Gasteiger partial charge is 0.181 e. The normalized spacial score (nSPS) is 11.5. The van der Waals surface area contributed by atoms with E-state index in [0.717, 1.165) is 27.7 Å². The van der Waals surface area contributed by atoms with Crippen LogP contribution in [0.5, 0.6) is 0 Å². The highest BCUT2D eigenvalue weighted by molar-refractivity contribution is 5.93. The molecule has 0 aliphatic rings. The zero-order chi connectivity index (χ0) is 16.1. The lowest BCUT2D eigenvalue weighted by Crippen LogP contribution is -1.85. The Morgan fingerprint density at radius 2 is 2.04 bits per heavy atom. The quantitative estimate of drug-likeness (QED) is 0.520. The molecule has 0 radical (unpaired) electrons. The van der Waals surface area contributed by atoms with Crippen LogP contribution in [0.3, 0.4) is 0 Å². The Bertz CT molecular complexity index is 1150. The molecule has 8 heteroatoms. The van der Waals surface area contributed by atoms with Crippen LogP contribution in [0.2, 0.25) is 0 Å². The Morgan fingerprint density at radius 1 is 1.08 bits per heavy atom. The van der Waals surface area contributed by atoms with Gasteiger partial charge in [-0.3, -0.25) is 9.78 Å². The fourth-order valence-corrected chi connectivity index (χ4v) is 2.77. The first kappa shape index (κ1) is 12.9. The number of H-pyrrole nitrogens is 2. The van der Waals surface area contributed by atoms with Gasteiger partial charge in [0.15, 0.2) is 17.1 Å². The predicted octanol–water partition coefficient (Wildman–Crippen LogP) is 2.30. The van der Waals surface area contributed by atoms with Crippen LogP contribution in [-0.2, 0) is 7.05 Å². The minimum absolute atomic E-state index is 0.644. The summed E-state index contributed by atoms with van der Waals surface area (Å²) in [5.41, 5.74) is 4.98. The molecule has 24 heavy (non-hydrogen) atoms. The number of pyridine rings is 2. The van der Waals surface area contributed by atoms with E-state index in [-0.39, 0.29) is 0 Å². The summed E-state index contributed by atoms with van der Waals surface area (Å²) in [7, 11) is 1.89. The summed E-state index contributed by atoms with van der Waals surface area (Å²) in [6.07, 6.45) is 7.28. The molecule has 0 aliphatic heterocycles. The van der Waals surface area contributed by atoms with Gasteiger partial charge in [0.2, 0.25) is 0 Å². The summed E-state index contributed by atoms with van der Waals surface area (Å²) in [5.74, 6) is 0.691. The first-order valence-corrected chi connectivity index (χ1v) is 7.42. The summed E-state index contributed by atoms with van der Waals surface area (Å²) in [6, 6.07) is 5.85. The third-order valence-electron chi connectivity index (χ3n) is 3.94. The highest BCUT2D eigenvalue weighted by Crippen LogP contribution is 2.28. The van der Waals surface area contributed by atoms with Crippen LogP contribution in [-0.4, -0.2) is 39.9 Å². The van der Waals surface area contributed by atoms with E-state index < -0.39 is 0 Å². The van der Waals surface area contributed by atoms with E-state index in [1.807, 2.05) is 37.6 Å². The molecule has 5 heterocycles. The van der Waals surface area contributed by atoms with Crippen molar-refractivity contribution in [2.45, 2.75) is 0 Å². The average Bonchev–Trinajstić information content (AvgIpc) is 3.30. The van der Waals surface area contributed by atoms with Crippen molar-refractivity contribution >= 4 is 22.2 Å². The fraction of sp³-hybridized carbons (Fsp3) is 0.0625. The van der Waals surface area contributed by atoms with Gasteiger partial charge in [-0.05, 0) is 18.2 Å². The number of nitrogens with zero attached hydrogens (tertiary/aromatic N) is 6. The van der Waals surface area contributed by atoms with Crippen molar-refractivity contribution in [3.05, 3.63) is 43.0 Å². The Morgan fingerprint density at radius 3 is 2.88 bits per heavy atom. The Kier molecular flexibility index (Phi) is 2.55. The van der Waals surface area contributed by atoms with Crippen molar-refractivity contribution < 1.29 is 0 Å². The van der Waals surface area contributed by atoms with Gasteiger partial charge in [-0.2, -0.15) is 10.2 Å². The van der Waals surface area contributed by atoms with E-state index in [2.05, 4.69) is 35.2 Å². The molecule has 0 fully saturated rings. The third kappa shape index (κ3) is 1.89. The minimum Gasteiger partial charge on any atom is -0.335 e. The van der Waals surface area contributed by atoms with Crippen molar-refractivity contribution in [1.82, 2.24) is 39.9 Å². The lowest BCUT2D eigenvalue weighted by atomic mass is 10.1. The molecule has 116 valence electrons. The molecule has 0 spiro atoms. The van der Waals surface area contributed by atoms with Crippen LogP contribution in [0.15, 0.2) is 43.0 Å². The van der Waals surface area contributed by atoms with E-state index in [4.69, 9.17) is 0 Å². The van der Waals surface area contributed by atoms with Gasteiger partial charge in [0.25, 0.3) is 0 Å². The standard InChI is InChI=1S/C16H12N8/c1-24-8-10(7-19-24)9-5-11-13(22-23-14(11)18-6-9)16-20-12-3-2-4-17-15(12)21-16/h2-8H,1H3,(H,17,20,21)(H,18,22,23). The van der Waals surface area contributed by atoms with Gasteiger partial charge in [0.1, 0.15) is 5.69 Å². The second kappa shape index (κ2) is 4.72. The summed E-state index contributed by atoms with van der Waals surface area (Å²) in [4.78, 5) is 16.5. The summed E-state index contributed by atoms with van der Waals surface area (Å²) < 4.78 is 1.76. The van der Waals surface area contributed by atoms with Gasteiger partial charge in [-0.25, -0.2) is 15.0 Å². The van der Waals surface area contributed by atoms with E-state index in [1.54, 1.807) is 17.1 Å². The molecule has 0 aliphatic carbocycles. The van der Waals surface area contributed by atoms with Crippen LogP contribution in [0.1, 0.15) is 0 Å². The monoisotopic (exact) mass is 316 g/mol. The number of hydrogen-bond donors (Lipinski definition) is 2. The maximum atomic E-state index is 4.53. The van der Waals surface area contributed by atoms with Crippen LogP contribution >= 0.6 is 0 Å². The molecule has 0 atom stereocenters. The molecule has 0 amide bonds. The first-order valence-electron chi connectivity index (χ1n) is 7.42. The van der Waals surface area contributed by atoms with Gasteiger partial charge in [-0.15, -0.1) is 0 Å². The van der Waals surface area contributed by atoms with Crippen LogP contribution in [0.4, 0.5) is 0 Å². The van der Waals surface area contributed by atoms with Crippen molar-refractivity contribution in [3.8, 4) is 22.6 Å². The molecule has 0 unspecified atom stereocenters. The molecular formula is C16H12N8. The lowest BCUT2D eigenvalue weighted by molar-refractivity contribution is 0.768. The van der Waals surface area contributed by atoms with Gasteiger partial charge in [-0.1, -0.05) is 0 Å². The van der Waals surface area contributed by atoms with Crippen molar-refractivity contribution in [3.63, 3.8) is 0 Å². The van der Waals surface area contributed by atoms with E-state index >= 15 is 0 Å². The minimum atomic E-state index is 0.644. The Balaban J connectivity index is 1.70. The maximum absolute atomic E-state index is 4.53. The number of aromatic nitrogens is 8. The molecule has 0 saturated carbocycles. The topological polar surface area (TPSA) is 101 Å². The second-order valence-corrected chi connectivity index (χ2v) is 5.56. The molecule has 5 rings (SSSR count). The number of nitrogens with one attached hydrogen (secondary N) is 2. The highest BCUT2D eigenvalue weighted by atomic mass is 15.2. The molecule has 2 N–H and O–H groups in total. The van der Waals surface area contributed by atoms with Crippen molar-refractivity contribution in [2.24, 2.45) is 7.05 Å². The Hall–Kier alpha value is -3.55. The number of fused-ring (bicyclic) bond motifs is 2. The largest absolute Gasteiger partial charge is 0.335 e. The van der Waals surface area contributed by atoms with Crippen LogP contribution in [0.25, 0.3) is 44.8 Å². The number of aryl methyl sites for hydroxylation is 1. The Labute approximate surface area is 135 Å². The highest BCUT2D eigenvalue weighted by Gasteiger charge is 2.14. The molecule has 0 aromatic carbocycles. The zero-order valence-corrected chi connectivity index (χ0v) is 12.7. The van der Waals surface area contributed by atoms with Gasteiger partial charge in [0, 0.05) is 36.8 Å². The molecular weight excluding hydrogens is 304 g/mol. The van der Waals surface area contributed by atoms with E-state index in [9.17, 15) is 0 Å². The average molecular weight is 316 g/mol. The number of hydrogen-bond acceptors (Lipinski definition) is 5. The third-order valence-corrected chi connectivity index (χ3v) is 3.94. The lowest BCUT2D eigenvalue weighted by Gasteiger charge is -1.98. The molecule has 8 nitrogen and oxygen atoms in total. The maximum Gasteiger partial charge on any atom is 0.181 e. The van der Waals surface area contributed by atoms with E-state index in [0.29, 0.717) is 17.1 Å². The second-order valence-electron chi connectivity index (χ2n) is 5.56. The molecule has 0 saturated heterocycles. The van der Waals surface area contributed by atoms with E-state index in [1.165, 1.54) is 0 Å². The number of imidazole rings is 1. The SMILES string of the molecule is Cn1cc(-c2cnc3n[nH]c(-c4nc5ncccc5[nH]4)c3c2)cn1. The number of aromatic amines is 2. The summed E-state index contributed by atoms with van der Waals surface area (Å²) in [5, 5.41) is 12.4. The summed E-state index contributed by atoms with van der Waals surface area (Å²) in [6.45, 7) is 0. The molecule has 5 aromatic heterocycles. The summed E-state index contributed by atoms with van der Waals surface area (Å²) >= 11 is 0.